The zero-order valence-electron chi connectivity index (χ0n) is 6.41. The van der Waals surface area contributed by atoms with Gasteiger partial charge < -0.3 is 10.5 Å². The normalized spacial score (nSPS) is 16.0. The minimum atomic E-state index is -0.431. The Balaban J connectivity index is 2.27. The van der Waals surface area contributed by atoms with Crippen LogP contribution in [0.5, 0.6) is 5.88 Å². The van der Waals surface area contributed by atoms with E-state index in [0.717, 1.165) is 12.8 Å². The number of nitrogens with zero attached hydrogens (tertiary/aromatic N) is 1. The van der Waals surface area contributed by atoms with Crippen molar-refractivity contribution in [2.24, 2.45) is 0 Å². The summed E-state index contributed by atoms with van der Waals surface area (Å²) >= 11 is 0. The average molecular weight is 167 g/mol. The molecule has 0 amide bonds. The molecule has 0 aliphatic heterocycles. The smallest absolute Gasteiger partial charge is 0.347 e. The molecule has 0 aromatic carbocycles. The van der Waals surface area contributed by atoms with Gasteiger partial charge in [0.15, 0.2) is 0 Å². The Morgan fingerprint density at radius 1 is 1.67 bits per heavy atom. The molecule has 0 spiro atoms. The van der Waals surface area contributed by atoms with Crippen LogP contribution in [0.25, 0.3) is 0 Å². The fourth-order valence-electron chi connectivity index (χ4n) is 0.838. The summed E-state index contributed by atoms with van der Waals surface area (Å²) in [5, 5.41) is 0. The monoisotopic (exact) mass is 167 g/mol. The summed E-state index contributed by atoms with van der Waals surface area (Å²) in [5.41, 5.74) is 5.45. The third-order valence-electron chi connectivity index (χ3n) is 1.61. The maximum atomic E-state index is 10.7. The van der Waals surface area contributed by atoms with Crippen molar-refractivity contribution in [1.29, 1.82) is 0 Å². The van der Waals surface area contributed by atoms with E-state index in [1.807, 2.05) is 0 Å². The molecule has 0 atom stereocenters. The number of nitrogens with one attached hydrogen (secondary N) is 1. The van der Waals surface area contributed by atoms with E-state index < -0.39 is 5.69 Å². The van der Waals surface area contributed by atoms with Gasteiger partial charge >= 0.3 is 5.69 Å². The van der Waals surface area contributed by atoms with Crippen LogP contribution < -0.4 is 16.2 Å². The maximum absolute atomic E-state index is 10.7. The number of aromatic nitrogens is 2. The predicted molar refractivity (Wildman–Crippen MR) is 42.9 cm³/mol. The molecule has 0 saturated heterocycles. The van der Waals surface area contributed by atoms with Gasteiger partial charge in [0.05, 0.1) is 6.20 Å². The summed E-state index contributed by atoms with van der Waals surface area (Å²) in [7, 11) is 0. The lowest BCUT2D eigenvalue weighted by atomic mass is 10.5. The van der Waals surface area contributed by atoms with Gasteiger partial charge in [0.2, 0.25) is 5.88 Å². The van der Waals surface area contributed by atoms with Crippen molar-refractivity contribution in [2.45, 2.75) is 18.9 Å². The van der Waals surface area contributed by atoms with Crippen molar-refractivity contribution in [3.05, 3.63) is 16.7 Å². The molecule has 1 heterocycles. The first-order chi connectivity index (χ1) is 5.75. The Bertz CT molecular complexity index is 343. The van der Waals surface area contributed by atoms with E-state index >= 15 is 0 Å². The van der Waals surface area contributed by atoms with E-state index in [1.54, 1.807) is 0 Å². The highest BCUT2D eigenvalue weighted by molar-refractivity contribution is 5.44. The third kappa shape index (κ3) is 1.39. The molecule has 1 aromatic heterocycles. The first kappa shape index (κ1) is 7.15. The molecule has 5 nitrogen and oxygen atoms in total. The fraction of sp³-hybridized carbons (Fsp3) is 0.429. The highest BCUT2D eigenvalue weighted by Gasteiger charge is 2.24. The Morgan fingerprint density at radius 3 is 3.08 bits per heavy atom. The van der Waals surface area contributed by atoms with Crippen molar-refractivity contribution in [3.63, 3.8) is 0 Å². The first-order valence-corrected chi connectivity index (χ1v) is 3.77. The Hall–Kier alpha value is -1.52. The van der Waals surface area contributed by atoms with E-state index in [-0.39, 0.29) is 6.10 Å². The van der Waals surface area contributed by atoms with E-state index in [4.69, 9.17) is 10.5 Å². The zero-order chi connectivity index (χ0) is 8.55. The zero-order valence-corrected chi connectivity index (χ0v) is 6.41. The van der Waals surface area contributed by atoms with Gasteiger partial charge in [0, 0.05) is 0 Å². The van der Waals surface area contributed by atoms with Crippen LogP contribution in [0.4, 0.5) is 5.69 Å². The molecule has 1 saturated carbocycles. The molecule has 3 N–H and O–H groups in total. The Labute approximate surface area is 68.6 Å². The number of hydrogen-bond donors (Lipinski definition) is 2. The van der Waals surface area contributed by atoms with Crippen molar-refractivity contribution >= 4 is 5.69 Å². The number of nitrogens with two attached hydrogens (primary N) is 1. The predicted octanol–water partition coefficient (Wildman–Crippen LogP) is -0.107. The molecular weight excluding hydrogens is 158 g/mol. The summed E-state index contributed by atoms with van der Waals surface area (Å²) in [4.78, 5) is 16.6. The maximum Gasteiger partial charge on any atom is 0.347 e. The second-order valence-corrected chi connectivity index (χ2v) is 2.79. The molecule has 1 fully saturated rings. The van der Waals surface area contributed by atoms with E-state index in [9.17, 15) is 4.79 Å². The number of anilines is 1. The van der Waals surface area contributed by atoms with Gasteiger partial charge in [-0.2, -0.15) is 4.98 Å². The molecule has 1 aliphatic carbocycles. The van der Waals surface area contributed by atoms with Crippen LogP contribution in [-0.2, 0) is 0 Å². The van der Waals surface area contributed by atoms with Crippen molar-refractivity contribution in [1.82, 2.24) is 9.97 Å². The number of H-pyrrole nitrogens is 1. The third-order valence-corrected chi connectivity index (χ3v) is 1.61. The van der Waals surface area contributed by atoms with Crippen molar-refractivity contribution < 1.29 is 4.74 Å². The fourth-order valence-corrected chi connectivity index (χ4v) is 0.838. The van der Waals surface area contributed by atoms with Gasteiger partial charge in [-0.1, -0.05) is 0 Å². The SMILES string of the molecule is Nc1cnc(=O)[nH]c1OC1CC1. The number of nitrogen functional groups attached to an aromatic ring is 1. The highest BCUT2D eigenvalue weighted by Crippen LogP contribution is 2.27. The minimum absolute atomic E-state index is 0.227. The van der Waals surface area contributed by atoms with Gasteiger partial charge in [-0.3, -0.25) is 4.98 Å². The second kappa shape index (κ2) is 2.51. The molecule has 0 bridgehead atoms. The Kier molecular flexibility index (Phi) is 1.49. The van der Waals surface area contributed by atoms with Gasteiger partial charge in [0.1, 0.15) is 11.8 Å². The van der Waals surface area contributed by atoms with Gasteiger partial charge in [0.25, 0.3) is 0 Å². The first-order valence-electron chi connectivity index (χ1n) is 3.77. The number of hydrogen-bond acceptors (Lipinski definition) is 4. The van der Waals surface area contributed by atoms with Crippen LogP contribution in [0.2, 0.25) is 0 Å². The Morgan fingerprint density at radius 2 is 2.42 bits per heavy atom. The molecular formula is C7H9N3O2. The lowest BCUT2D eigenvalue weighted by Crippen LogP contribution is -2.13. The minimum Gasteiger partial charge on any atom is -0.474 e. The van der Waals surface area contributed by atoms with Crippen LogP contribution in [0.3, 0.4) is 0 Å². The van der Waals surface area contributed by atoms with Gasteiger partial charge in [-0.25, -0.2) is 4.79 Å². The number of ether oxygens (including phenoxy) is 1. The molecule has 1 aromatic rings. The van der Waals surface area contributed by atoms with Crippen LogP contribution >= 0.6 is 0 Å². The molecule has 1 aliphatic rings. The molecule has 0 unspecified atom stereocenters. The quantitative estimate of drug-likeness (QED) is 0.644. The van der Waals surface area contributed by atoms with Gasteiger partial charge in [-0.15, -0.1) is 0 Å². The van der Waals surface area contributed by atoms with Crippen LogP contribution in [0.1, 0.15) is 12.8 Å². The average Bonchev–Trinajstić information content (AvgIpc) is 2.81. The highest BCUT2D eigenvalue weighted by atomic mass is 16.5. The summed E-state index contributed by atoms with van der Waals surface area (Å²) in [5.74, 6) is 0.345. The van der Waals surface area contributed by atoms with E-state index in [1.165, 1.54) is 6.20 Å². The van der Waals surface area contributed by atoms with Crippen LogP contribution in [-0.4, -0.2) is 16.1 Å². The number of rotatable bonds is 2. The van der Waals surface area contributed by atoms with Crippen LogP contribution in [0, 0.1) is 0 Å². The molecule has 0 radical (unpaired) electrons. The van der Waals surface area contributed by atoms with E-state index in [2.05, 4.69) is 9.97 Å². The molecule has 64 valence electrons. The molecule has 2 rings (SSSR count). The summed E-state index contributed by atoms with van der Waals surface area (Å²) in [6.07, 6.45) is 3.59. The lowest BCUT2D eigenvalue weighted by molar-refractivity contribution is 0.291. The summed E-state index contributed by atoms with van der Waals surface area (Å²) < 4.78 is 5.32. The topological polar surface area (TPSA) is 81.0 Å². The summed E-state index contributed by atoms with van der Waals surface area (Å²) in [6.45, 7) is 0. The lowest BCUT2D eigenvalue weighted by Gasteiger charge is -2.04. The summed E-state index contributed by atoms with van der Waals surface area (Å²) in [6, 6.07) is 0. The van der Waals surface area contributed by atoms with Crippen molar-refractivity contribution in [2.75, 3.05) is 5.73 Å². The van der Waals surface area contributed by atoms with Crippen LogP contribution in [0.15, 0.2) is 11.0 Å². The van der Waals surface area contributed by atoms with Gasteiger partial charge in [-0.05, 0) is 12.8 Å². The van der Waals surface area contributed by atoms with Crippen molar-refractivity contribution in [3.8, 4) is 5.88 Å². The second-order valence-electron chi connectivity index (χ2n) is 2.79. The molecule has 5 heteroatoms. The largest absolute Gasteiger partial charge is 0.474 e. The molecule has 12 heavy (non-hydrogen) atoms. The standard InChI is InChI=1S/C7H9N3O2/c8-5-3-9-7(11)10-6(5)12-4-1-2-4/h3-4H,1-2,8H2,(H,9,10,11). The number of aromatic amines is 1. The van der Waals surface area contributed by atoms with E-state index in [0.29, 0.717) is 11.6 Å².